The Labute approximate surface area is 103 Å². The summed E-state index contributed by atoms with van der Waals surface area (Å²) < 4.78 is 0. The minimum atomic E-state index is -0.0377. The molecule has 4 heteroatoms. The van der Waals surface area contributed by atoms with E-state index in [9.17, 15) is 4.79 Å². The van der Waals surface area contributed by atoms with Gasteiger partial charge in [-0.05, 0) is 26.3 Å². The zero-order valence-corrected chi connectivity index (χ0v) is 10.8. The molecule has 2 N–H and O–H groups in total. The maximum atomic E-state index is 12.0. The van der Waals surface area contributed by atoms with E-state index in [4.69, 9.17) is 0 Å². The molecule has 0 aromatic carbocycles. The molecule has 17 heavy (non-hydrogen) atoms. The molecule has 94 valence electrons. The molecule has 1 amide bonds. The van der Waals surface area contributed by atoms with Crippen molar-refractivity contribution in [1.29, 1.82) is 0 Å². The smallest absolute Gasteiger partial charge is 0.253 e. The Morgan fingerprint density at radius 1 is 1.47 bits per heavy atom. The van der Waals surface area contributed by atoms with Gasteiger partial charge in [0, 0.05) is 18.8 Å². The number of hydrogen-bond donors (Lipinski definition) is 2. The number of amides is 1. The first-order valence-corrected chi connectivity index (χ1v) is 6.17. The SMILES string of the molecule is CCCC(C)NC(=O)c1ccncc1NCC. The van der Waals surface area contributed by atoms with E-state index in [2.05, 4.69) is 22.5 Å². The summed E-state index contributed by atoms with van der Waals surface area (Å²) in [6.07, 6.45) is 5.38. The molecule has 1 aromatic rings. The van der Waals surface area contributed by atoms with Gasteiger partial charge in [0.15, 0.2) is 0 Å². The number of pyridine rings is 1. The summed E-state index contributed by atoms with van der Waals surface area (Å²) in [5.41, 5.74) is 1.45. The number of nitrogens with zero attached hydrogens (tertiary/aromatic N) is 1. The van der Waals surface area contributed by atoms with Crippen LogP contribution >= 0.6 is 0 Å². The average molecular weight is 235 g/mol. The Kier molecular flexibility index (Phi) is 5.46. The van der Waals surface area contributed by atoms with E-state index in [1.54, 1.807) is 18.5 Å². The fourth-order valence-corrected chi connectivity index (χ4v) is 1.73. The normalized spacial score (nSPS) is 11.9. The molecule has 1 rings (SSSR count). The molecule has 1 atom stereocenters. The first kappa shape index (κ1) is 13.5. The molecule has 0 aliphatic carbocycles. The summed E-state index contributed by atoms with van der Waals surface area (Å²) in [4.78, 5) is 16.1. The van der Waals surface area contributed by atoms with E-state index < -0.39 is 0 Å². The molecule has 0 saturated heterocycles. The largest absolute Gasteiger partial charge is 0.383 e. The fraction of sp³-hybridized carbons (Fsp3) is 0.538. The van der Waals surface area contributed by atoms with Crippen molar-refractivity contribution in [2.24, 2.45) is 0 Å². The summed E-state index contributed by atoms with van der Waals surface area (Å²) >= 11 is 0. The van der Waals surface area contributed by atoms with Gasteiger partial charge >= 0.3 is 0 Å². The summed E-state index contributed by atoms with van der Waals surface area (Å²) in [5, 5.41) is 6.13. The Hall–Kier alpha value is -1.58. The lowest BCUT2D eigenvalue weighted by atomic mass is 10.1. The van der Waals surface area contributed by atoms with Gasteiger partial charge in [0.1, 0.15) is 0 Å². The van der Waals surface area contributed by atoms with Crippen LogP contribution in [0, 0.1) is 0 Å². The number of rotatable bonds is 6. The van der Waals surface area contributed by atoms with Gasteiger partial charge in [-0.3, -0.25) is 9.78 Å². The number of anilines is 1. The molecule has 4 nitrogen and oxygen atoms in total. The number of hydrogen-bond acceptors (Lipinski definition) is 3. The van der Waals surface area contributed by atoms with Gasteiger partial charge in [-0.1, -0.05) is 13.3 Å². The molecule has 0 saturated carbocycles. The van der Waals surface area contributed by atoms with Crippen LogP contribution in [0.4, 0.5) is 5.69 Å². The molecular formula is C13H21N3O. The van der Waals surface area contributed by atoms with Crippen molar-refractivity contribution in [3.8, 4) is 0 Å². The predicted octanol–water partition coefficient (Wildman–Crippen LogP) is 2.43. The molecule has 0 aliphatic heterocycles. The molecule has 0 spiro atoms. The van der Waals surface area contributed by atoms with Gasteiger partial charge in [0.05, 0.1) is 17.4 Å². The van der Waals surface area contributed by atoms with Crippen LogP contribution in [-0.2, 0) is 0 Å². The Balaban J connectivity index is 2.74. The highest BCUT2D eigenvalue weighted by atomic mass is 16.1. The lowest BCUT2D eigenvalue weighted by Crippen LogP contribution is -2.32. The average Bonchev–Trinajstić information content (AvgIpc) is 2.30. The quantitative estimate of drug-likeness (QED) is 0.796. The number of nitrogens with one attached hydrogen (secondary N) is 2. The summed E-state index contributed by atoms with van der Waals surface area (Å²) in [7, 11) is 0. The van der Waals surface area contributed by atoms with Crippen molar-refractivity contribution in [3.05, 3.63) is 24.0 Å². The summed E-state index contributed by atoms with van der Waals surface area (Å²) in [6.45, 7) is 6.90. The molecule has 0 fully saturated rings. The highest BCUT2D eigenvalue weighted by molar-refractivity contribution is 5.99. The van der Waals surface area contributed by atoms with Crippen LogP contribution in [0.2, 0.25) is 0 Å². The van der Waals surface area contributed by atoms with Crippen molar-refractivity contribution >= 4 is 11.6 Å². The van der Waals surface area contributed by atoms with Crippen LogP contribution in [0.15, 0.2) is 18.5 Å². The molecule has 1 heterocycles. The molecule has 0 bridgehead atoms. The van der Waals surface area contributed by atoms with E-state index in [-0.39, 0.29) is 11.9 Å². The van der Waals surface area contributed by atoms with E-state index in [1.807, 2.05) is 13.8 Å². The van der Waals surface area contributed by atoms with Crippen LogP contribution in [0.25, 0.3) is 0 Å². The van der Waals surface area contributed by atoms with Crippen LogP contribution in [0.1, 0.15) is 44.0 Å². The van der Waals surface area contributed by atoms with Crippen molar-refractivity contribution < 1.29 is 4.79 Å². The second kappa shape index (κ2) is 6.89. The van der Waals surface area contributed by atoms with Gasteiger partial charge in [-0.2, -0.15) is 0 Å². The summed E-state index contributed by atoms with van der Waals surface area (Å²) in [5.74, 6) is -0.0377. The summed E-state index contributed by atoms with van der Waals surface area (Å²) in [6, 6.07) is 1.95. The third-order valence-electron chi connectivity index (χ3n) is 2.53. The van der Waals surface area contributed by atoms with Crippen molar-refractivity contribution in [2.45, 2.75) is 39.7 Å². The second-order valence-electron chi connectivity index (χ2n) is 4.11. The lowest BCUT2D eigenvalue weighted by Gasteiger charge is -2.15. The standard InChI is InChI=1S/C13H21N3O/c1-4-6-10(3)16-13(17)11-7-8-14-9-12(11)15-5-2/h7-10,15H,4-6H2,1-3H3,(H,16,17). The van der Waals surface area contributed by atoms with Gasteiger partial charge in [0.2, 0.25) is 0 Å². The van der Waals surface area contributed by atoms with Crippen molar-refractivity contribution in [3.63, 3.8) is 0 Å². The zero-order valence-electron chi connectivity index (χ0n) is 10.8. The molecular weight excluding hydrogens is 214 g/mol. The minimum absolute atomic E-state index is 0.0377. The predicted molar refractivity (Wildman–Crippen MR) is 70.2 cm³/mol. The molecule has 0 radical (unpaired) electrons. The third-order valence-corrected chi connectivity index (χ3v) is 2.53. The van der Waals surface area contributed by atoms with Crippen LogP contribution in [0.3, 0.4) is 0 Å². The highest BCUT2D eigenvalue weighted by Gasteiger charge is 2.12. The van der Waals surface area contributed by atoms with E-state index in [1.165, 1.54) is 0 Å². The van der Waals surface area contributed by atoms with Crippen molar-refractivity contribution in [2.75, 3.05) is 11.9 Å². The Morgan fingerprint density at radius 2 is 2.24 bits per heavy atom. The topological polar surface area (TPSA) is 54.0 Å². The lowest BCUT2D eigenvalue weighted by molar-refractivity contribution is 0.0939. The molecule has 1 aromatic heterocycles. The van der Waals surface area contributed by atoms with Crippen LogP contribution in [-0.4, -0.2) is 23.5 Å². The third kappa shape index (κ3) is 4.06. The van der Waals surface area contributed by atoms with Gasteiger partial charge < -0.3 is 10.6 Å². The number of carbonyl (C=O) groups excluding carboxylic acids is 1. The van der Waals surface area contributed by atoms with Gasteiger partial charge in [-0.15, -0.1) is 0 Å². The monoisotopic (exact) mass is 235 g/mol. The highest BCUT2D eigenvalue weighted by Crippen LogP contribution is 2.13. The zero-order chi connectivity index (χ0) is 12.7. The van der Waals surface area contributed by atoms with Gasteiger partial charge in [-0.25, -0.2) is 0 Å². The first-order valence-electron chi connectivity index (χ1n) is 6.17. The van der Waals surface area contributed by atoms with E-state index in [0.717, 1.165) is 25.1 Å². The number of aromatic nitrogens is 1. The Morgan fingerprint density at radius 3 is 2.88 bits per heavy atom. The van der Waals surface area contributed by atoms with Crippen LogP contribution in [0.5, 0.6) is 0 Å². The maximum Gasteiger partial charge on any atom is 0.253 e. The van der Waals surface area contributed by atoms with E-state index >= 15 is 0 Å². The molecule has 1 unspecified atom stereocenters. The molecule has 0 aliphatic rings. The minimum Gasteiger partial charge on any atom is -0.383 e. The maximum absolute atomic E-state index is 12.0. The number of carbonyl (C=O) groups is 1. The second-order valence-corrected chi connectivity index (χ2v) is 4.11. The fourth-order valence-electron chi connectivity index (χ4n) is 1.73. The van der Waals surface area contributed by atoms with E-state index in [0.29, 0.717) is 5.56 Å². The van der Waals surface area contributed by atoms with Crippen molar-refractivity contribution in [1.82, 2.24) is 10.3 Å². The first-order chi connectivity index (χ1) is 8.19. The van der Waals surface area contributed by atoms with Crippen LogP contribution < -0.4 is 10.6 Å². The van der Waals surface area contributed by atoms with Gasteiger partial charge in [0.25, 0.3) is 5.91 Å². The Bertz CT molecular complexity index is 365.